The Bertz CT molecular complexity index is 368. The van der Waals surface area contributed by atoms with Gasteiger partial charge in [-0.05, 0) is 56.0 Å². The van der Waals surface area contributed by atoms with Gasteiger partial charge in [-0.3, -0.25) is 0 Å². The minimum absolute atomic E-state index is 0.530. The van der Waals surface area contributed by atoms with Crippen molar-refractivity contribution in [2.45, 2.75) is 45.2 Å². The molecular formula is C13H23BrOSi2. The number of hydrogen-bond acceptors (Lipinski definition) is 1. The van der Waals surface area contributed by atoms with E-state index in [-0.39, 0.29) is 0 Å². The molecule has 0 aliphatic rings. The third-order valence-electron chi connectivity index (χ3n) is 2.98. The van der Waals surface area contributed by atoms with Crippen molar-refractivity contribution < 1.29 is 4.12 Å². The molecule has 1 aromatic carbocycles. The Hall–Kier alpha value is 0.0938. The largest absolute Gasteiger partial charge is 0.455 e. The van der Waals surface area contributed by atoms with Crippen LogP contribution in [0.5, 0.6) is 0 Å². The minimum atomic E-state index is -1.65. The first-order valence-electron chi connectivity index (χ1n) is 6.07. The van der Waals surface area contributed by atoms with Gasteiger partial charge in [0.05, 0.1) is 0 Å². The molecule has 0 bridgehead atoms. The number of hydrogen-bond donors (Lipinski definition) is 0. The molecular weight excluding hydrogens is 308 g/mol. The fraction of sp³-hybridized carbons (Fsp3) is 0.538. The first-order chi connectivity index (χ1) is 7.62. The molecule has 0 aliphatic heterocycles. The molecule has 1 nitrogen and oxygen atoms in total. The van der Waals surface area contributed by atoms with Crippen LogP contribution in [-0.4, -0.2) is 16.6 Å². The Morgan fingerprint density at radius 2 is 1.47 bits per heavy atom. The second-order valence-electron chi connectivity index (χ2n) is 6.09. The summed E-state index contributed by atoms with van der Waals surface area (Å²) in [6.07, 6.45) is 0. The van der Waals surface area contributed by atoms with Crippen molar-refractivity contribution in [1.82, 2.24) is 0 Å². The van der Waals surface area contributed by atoms with Crippen molar-refractivity contribution >= 4 is 32.6 Å². The van der Waals surface area contributed by atoms with Crippen LogP contribution in [0.25, 0.3) is 0 Å². The lowest BCUT2D eigenvalue weighted by Gasteiger charge is -2.36. The fourth-order valence-electron chi connectivity index (χ4n) is 2.03. The van der Waals surface area contributed by atoms with Crippen LogP contribution >= 0.6 is 15.9 Å². The van der Waals surface area contributed by atoms with Gasteiger partial charge in [-0.15, -0.1) is 0 Å². The highest BCUT2D eigenvalue weighted by Crippen LogP contribution is 2.30. The zero-order valence-electron chi connectivity index (χ0n) is 11.7. The van der Waals surface area contributed by atoms with Crippen LogP contribution in [0, 0.1) is 0 Å². The Morgan fingerprint density at radius 3 is 1.88 bits per heavy atom. The van der Waals surface area contributed by atoms with Crippen LogP contribution in [0.15, 0.2) is 28.7 Å². The van der Waals surface area contributed by atoms with E-state index < -0.39 is 16.6 Å². The second-order valence-corrected chi connectivity index (χ2v) is 16.1. The van der Waals surface area contributed by atoms with E-state index >= 15 is 0 Å². The summed E-state index contributed by atoms with van der Waals surface area (Å²) in [5, 5.41) is 0. The fourth-order valence-corrected chi connectivity index (χ4v) is 10.3. The van der Waals surface area contributed by atoms with Gasteiger partial charge < -0.3 is 4.12 Å². The quantitative estimate of drug-likeness (QED) is 0.694. The highest BCUT2D eigenvalue weighted by Gasteiger charge is 2.35. The molecule has 1 unspecified atom stereocenters. The molecule has 4 heteroatoms. The van der Waals surface area contributed by atoms with Crippen LogP contribution < -0.4 is 0 Å². The van der Waals surface area contributed by atoms with Gasteiger partial charge in [-0.2, -0.15) is 0 Å². The summed E-state index contributed by atoms with van der Waals surface area (Å²) >= 11 is 3.48. The van der Waals surface area contributed by atoms with Gasteiger partial charge in [-0.1, -0.05) is 35.0 Å². The molecule has 0 N–H and O–H groups in total. The lowest BCUT2D eigenvalue weighted by atomic mass is 10.2. The highest BCUT2D eigenvalue weighted by atomic mass is 79.9. The molecule has 0 heterocycles. The summed E-state index contributed by atoms with van der Waals surface area (Å²) < 4.78 is 7.58. The predicted octanol–water partition coefficient (Wildman–Crippen LogP) is 5.15. The van der Waals surface area contributed by atoms with Gasteiger partial charge in [0.1, 0.15) is 0 Å². The molecule has 1 atom stereocenters. The topological polar surface area (TPSA) is 9.23 Å². The van der Waals surface area contributed by atoms with Crippen molar-refractivity contribution in [2.24, 2.45) is 0 Å². The Morgan fingerprint density at radius 1 is 1.00 bits per heavy atom. The molecule has 0 amide bonds. The van der Waals surface area contributed by atoms with Crippen molar-refractivity contribution in [2.75, 3.05) is 0 Å². The van der Waals surface area contributed by atoms with Gasteiger partial charge >= 0.3 is 0 Å². The molecule has 0 radical (unpaired) electrons. The summed E-state index contributed by atoms with van der Waals surface area (Å²) in [6.45, 7) is 13.8. The molecule has 0 aromatic heterocycles. The number of benzene rings is 1. The maximum Gasteiger partial charge on any atom is 0.180 e. The minimum Gasteiger partial charge on any atom is -0.455 e. The molecule has 0 aliphatic carbocycles. The first kappa shape index (κ1) is 15.2. The molecule has 0 saturated carbocycles. The Labute approximate surface area is 116 Å². The normalized spacial score (nSPS) is 14.8. The standard InChI is InChI=1S/C13H23BrOSi2/c1-11(12-7-9-13(14)10-8-12)17(5,6)15-16(2,3)4/h7-11H,1-6H3. The maximum absolute atomic E-state index is 6.44. The van der Waals surface area contributed by atoms with Crippen LogP contribution in [0.3, 0.4) is 0 Å². The van der Waals surface area contributed by atoms with E-state index in [1.165, 1.54) is 5.56 Å². The smallest absolute Gasteiger partial charge is 0.180 e. The van der Waals surface area contributed by atoms with Crippen molar-refractivity contribution in [3.63, 3.8) is 0 Å². The summed E-state index contributed by atoms with van der Waals surface area (Å²) in [5.74, 6) is 0. The molecule has 96 valence electrons. The summed E-state index contributed by atoms with van der Waals surface area (Å²) in [5.41, 5.74) is 1.92. The van der Waals surface area contributed by atoms with E-state index in [1.54, 1.807) is 0 Å². The third-order valence-corrected chi connectivity index (χ3v) is 10.5. The summed E-state index contributed by atoms with van der Waals surface area (Å²) in [4.78, 5) is 0. The third kappa shape index (κ3) is 4.70. The van der Waals surface area contributed by atoms with Gasteiger partial charge in [0.15, 0.2) is 16.6 Å². The highest BCUT2D eigenvalue weighted by molar-refractivity contribution is 9.10. The SMILES string of the molecule is CC(c1ccc(Br)cc1)[Si](C)(C)O[Si](C)(C)C. The van der Waals surface area contributed by atoms with E-state index in [4.69, 9.17) is 4.12 Å². The number of halogens is 1. The first-order valence-corrected chi connectivity index (χ1v) is 13.3. The molecule has 0 fully saturated rings. The number of rotatable bonds is 4. The zero-order valence-corrected chi connectivity index (χ0v) is 15.3. The van der Waals surface area contributed by atoms with E-state index in [1.807, 2.05) is 0 Å². The monoisotopic (exact) mass is 330 g/mol. The zero-order chi connectivity index (χ0) is 13.3. The Kier molecular flexibility index (Phi) is 4.80. The van der Waals surface area contributed by atoms with Crippen LogP contribution in [0.1, 0.15) is 18.0 Å². The molecule has 0 saturated heterocycles. The summed E-state index contributed by atoms with van der Waals surface area (Å²) in [7, 11) is -3.10. The van der Waals surface area contributed by atoms with E-state index in [9.17, 15) is 0 Å². The molecule has 17 heavy (non-hydrogen) atoms. The van der Waals surface area contributed by atoms with Gasteiger partial charge in [0, 0.05) is 4.47 Å². The maximum atomic E-state index is 6.44. The van der Waals surface area contributed by atoms with E-state index in [0.29, 0.717) is 5.54 Å². The second kappa shape index (κ2) is 5.38. The molecule has 0 spiro atoms. The average Bonchev–Trinajstić information content (AvgIpc) is 2.14. The van der Waals surface area contributed by atoms with Crippen molar-refractivity contribution in [1.29, 1.82) is 0 Å². The Balaban J connectivity index is 2.88. The van der Waals surface area contributed by atoms with Crippen molar-refractivity contribution in [3.8, 4) is 0 Å². The van der Waals surface area contributed by atoms with Gasteiger partial charge in [0.25, 0.3) is 0 Å². The van der Waals surface area contributed by atoms with Crippen LogP contribution in [0.2, 0.25) is 32.7 Å². The van der Waals surface area contributed by atoms with Crippen LogP contribution in [-0.2, 0) is 4.12 Å². The van der Waals surface area contributed by atoms with Crippen molar-refractivity contribution in [3.05, 3.63) is 34.3 Å². The summed E-state index contributed by atoms with van der Waals surface area (Å²) in [6, 6.07) is 8.64. The van der Waals surface area contributed by atoms with Gasteiger partial charge in [-0.25, -0.2) is 0 Å². The lowest BCUT2D eigenvalue weighted by molar-refractivity contribution is 0.533. The van der Waals surface area contributed by atoms with E-state index in [0.717, 1.165) is 4.47 Å². The molecule has 1 rings (SSSR count). The predicted molar refractivity (Wildman–Crippen MR) is 84.5 cm³/mol. The molecule has 1 aromatic rings. The lowest BCUT2D eigenvalue weighted by Crippen LogP contribution is -2.46. The van der Waals surface area contributed by atoms with Gasteiger partial charge in [0.2, 0.25) is 0 Å². The van der Waals surface area contributed by atoms with E-state index in [2.05, 4.69) is 79.9 Å². The average molecular weight is 331 g/mol. The van der Waals surface area contributed by atoms with Crippen LogP contribution in [0.4, 0.5) is 0 Å².